The third-order valence-electron chi connectivity index (χ3n) is 6.30. The summed E-state index contributed by atoms with van der Waals surface area (Å²) in [7, 11) is -0.481. The number of likely N-dealkylation sites (N-methyl/N-ethyl adjacent to an activating group) is 1. The number of thiophene rings is 1. The molecule has 1 aliphatic rings. The Bertz CT molecular complexity index is 1360. The number of rotatable bonds is 9. The van der Waals surface area contributed by atoms with Crippen molar-refractivity contribution in [3.8, 4) is 11.4 Å². The van der Waals surface area contributed by atoms with Gasteiger partial charge < -0.3 is 4.74 Å². The second kappa shape index (κ2) is 16.9. The smallest absolute Gasteiger partial charge is 0.275 e. The summed E-state index contributed by atoms with van der Waals surface area (Å²) in [5.74, 6) is 2.40. The molecule has 0 saturated carbocycles. The molecule has 1 aromatic carbocycles. The number of alkyl halides is 1. The number of hydrogen-bond acceptors (Lipinski definition) is 5. The first kappa shape index (κ1) is 34.0. The number of hydrogen-bond donors (Lipinski definition) is 0. The van der Waals surface area contributed by atoms with Gasteiger partial charge in [0.05, 0.1) is 11.2 Å². The highest BCUT2D eigenvalue weighted by molar-refractivity contribution is 7.66. The summed E-state index contributed by atoms with van der Waals surface area (Å²) in [6.45, 7) is 23.8. The van der Waals surface area contributed by atoms with Crippen LogP contribution in [-0.2, 0) is 0 Å². The molecule has 5 nitrogen and oxygen atoms in total. The number of nitrogens with zero attached hydrogens (tertiary/aromatic N) is 3. The van der Waals surface area contributed by atoms with E-state index in [-0.39, 0.29) is 11.4 Å². The topological polar surface area (TPSA) is 47.4 Å². The zero-order valence-electron chi connectivity index (χ0n) is 25.3. The first-order valence-electron chi connectivity index (χ1n) is 14.0. The van der Waals surface area contributed by atoms with E-state index in [9.17, 15) is 4.79 Å². The predicted octanol–water partition coefficient (Wildman–Crippen LogP) is 8.30. The van der Waals surface area contributed by atoms with E-state index >= 15 is 0 Å². The summed E-state index contributed by atoms with van der Waals surface area (Å²) in [5, 5.41) is 1.22. The normalized spacial score (nSPS) is 16.4. The van der Waals surface area contributed by atoms with Gasteiger partial charge in [0.25, 0.3) is 5.56 Å². The van der Waals surface area contributed by atoms with Crippen LogP contribution in [0.25, 0.3) is 21.5 Å². The zero-order valence-corrected chi connectivity index (χ0v) is 27.7. The fourth-order valence-corrected chi connectivity index (χ4v) is 7.35. The van der Waals surface area contributed by atoms with Gasteiger partial charge in [0.1, 0.15) is 22.6 Å². The van der Waals surface area contributed by atoms with Gasteiger partial charge in [-0.15, -0.1) is 22.9 Å². The Balaban J connectivity index is 0.000000722. The third-order valence-corrected chi connectivity index (χ3v) is 9.97. The third kappa shape index (κ3) is 8.63. The highest BCUT2D eigenvalue weighted by atomic mass is 35.5. The monoisotopic (exact) mass is 601 g/mol. The van der Waals surface area contributed by atoms with E-state index in [2.05, 4.69) is 50.0 Å². The van der Waals surface area contributed by atoms with E-state index in [1.807, 2.05) is 64.1 Å². The van der Waals surface area contributed by atoms with E-state index in [1.165, 1.54) is 16.6 Å². The summed E-state index contributed by atoms with van der Waals surface area (Å²) in [4.78, 5) is 21.4. The first-order valence-corrected chi connectivity index (χ1v) is 17.2. The Kier molecular flexibility index (Phi) is 14.3. The molecule has 3 aromatic rings. The van der Waals surface area contributed by atoms with Crippen LogP contribution >= 0.6 is 30.9 Å². The fraction of sp³-hybridized carbons (Fsp3) is 0.438. The second-order valence-electron chi connectivity index (χ2n) is 9.63. The highest BCUT2D eigenvalue weighted by Crippen LogP contribution is 2.47. The van der Waals surface area contributed by atoms with Crippen LogP contribution in [0.5, 0.6) is 5.75 Å². The molecule has 8 heteroatoms. The molecule has 2 aromatic heterocycles. The van der Waals surface area contributed by atoms with E-state index in [0.717, 1.165) is 47.0 Å². The standard InChI is InChI=1S/C26H32N3O2PS.C4H7Cl.C2H6/c1-7-9-18(5)23-13-20-25(33-23)26(30)29(16-27-20)19-10-11-21-22(12-19)32(6)24(31-21)15-28(8-2)14-17(3)4;1-2-3-4-5;1-2/h7,9-13,16-17,24H,1,8,14-15H2,2-6H3;2-3H,4H2,1H3;1-2H3/b18-9+;3-2-;. The summed E-state index contributed by atoms with van der Waals surface area (Å²) in [6.07, 6.45) is 9.16. The van der Waals surface area contributed by atoms with Gasteiger partial charge in [0.2, 0.25) is 0 Å². The second-order valence-corrected chi connectivity index (χ2v) is 13.3. The number of ether oxygens (including phenoxy) is 1. The quantitative estimate of drug-likeness (QED) is 0.107. The molecule has 40 heavy (non-hydrogen) atoms. The first-order chi connectivity index (χ1) is 19.2. The largest absolute Gasteiger partial charge is 0.484 e. The Morgan fingerprint density at radius 2 is 2.05 bits per heavy atom. The molecule has 0 saturated heterocycles. The molecule has 218 valence electrons. The van der Waals surface area contributed by atoms with E-state index in [1.54, 1.807) is 17.0 Å². The Hall–Kier alpha value is -2.24. The number of benzene rings is 1. The molecule has 0 bridgehead atoms. The van der Waals surface area contributed by atoms with Gasteiger partial charge in [-0.25, -0.2) is 4.98 Å². The maximum absolute atomic E-state index is 13.3. The highest BCUT2D eigenvalue weighted by Gasteiger charge is 2.32. The van der Waals surface area contributed by atoms with Crippen molar-refractivity contribution in [3.63, 3.8) is 0 Å². The van der Waals surface area contributed by atoms with Crippen molar-refractivity contribution in [1.82, 2.24) is 14.5 Å². The molecule has 0 fully saturated rings. The van der Waals surface area contributed by atoms with Gasteiger partial charge in [-0.05, 0) is 70.7 Å². The fourth-order valence-electron chi connectivity index (χ4n) is 4.28. The lowest BCUT2D eigenvalue weighted by Crippen LogP contribution is -2.35. The molecule has 2 atom stereocenters. The van der Waals surface area contributed by atoms with Crippen molar-refractivity contribution in [2.24, 2.45) is 5.92 Å². The van der Waals surface area contributed by atoms with Crippen molar-refractivity contribution in [1.29, 1.82) is 0 Å². The summed E-state index contributed by atoms with van der Waals surface area (Å²) < 4.78 is 8.68. The van der Waals surface area contributed by atoms with Gasteiger partial charge in [-0.3, -0.25) is 14.3 Å². The van der Waals surface area contributed by atoms with Gasteiger partial charge in [0.15, 0.2) is 0 Å². The molecule has 3 heterocycles. The van der Waals surface area contributed by atoms with E-state index in [4.69, 9.17) is 16.3 Å². The molecule has 0 amide bonds. The van der Waals surface area contributed by atoms with Crippen LogP contribution in [0.2, 0.25) is 0 Å². The molecule has 0 spiro atoms. The van der Waals surface area contributed by atoms with Crippen LogP contribution in [0.15, 0.2) is 66.3 Å². The van der Waals surface area contributed by atoms with E-state index in [0.29, 0.717) is 16.5 Å². The van der Waals surface area contributed by atoms with Crippen LogP contribution in [0.4, 0.5) is 0 Å². The minimum Gasteiger partial charge on any atom is -0.484 e. The molecule has 0 radical (unpaired) electrons. The van der Waals surface area contributed by atoms with E-state index < -0.39 is 7.92 Å². The molecule has 4 rings (SSSR count). The van der Waals surface area contributed by atoms with Crippen LogP contribution in [0, 0.1) is 5.92 Å². The van der Waals surface area contributed by atoms with Crippen LogP contribution in [-0.4, -0.2) is 52.5 Å². The Morgan fingerprint density at radius 1 is 1.32 bits per heavy atom. The Morgan fingerprint density at radius 3 is 2.62 bits per heavy atom. The van der Waals surface area contributed by atoms with Gasteiger partial charge in [0, 0.05) is 29.2 Å². The molecular formula is C32H45ClN3O2PS. The van der Waals surface area contributed by atoms with Gasteiger partial charge >= 0.3 is 0 Å². The van der Waals surface area contributed by atoms with Crippen molar-refractivity contribution in [2.75, 3.05) is 32.2 Å². The average Bonchev–Trinajstić information content (AvgIpc) is 3.52. The average molecular weight is 602 g/mol. The SMILES string of the molecule is C/C=C\CCl.C=C/C=C(\C)c1cc2ncn(-c3ccc4c(c3)P(C)C(CN(CC)CC(C)C)O4)c(=O)c2s1.CC. The predicted molar refractivity (Wildman–Crippen MR) is 180 cm³/mol. The number of allylic oxidation sites excluding steroid dienone is 5. The maximum Gasteiger partial charge on any atom is 0.275 e. The zero-order chi connectivity index (χ0) is 29.8. The van der Waals surface area contributed by atoms with Gasteiger partial charge in [-0.2, -0.15) is 0 Å². The minimum absolute atomic E-state index is 0.0346. The van der Waals surface area contributed by atoms with Crippen molar-refractivity contribution in [2.45, 2.75) is 54.3 Å². The molecule has 2 unspecified atom stereocenters. The van der Waals surface area contributed by atoms with Crippen LogP contribution < -0.4 is 15.6 Å². The summed E-state index contributed by atoms with van der Waals surface area (Å²) in [6, 6.07) is 8.06. The summed E-state index contributed by atoms with van der Waals surface area (Å²) in [5.41, 5.74) is 2.62. The number of halogens is 1. The Labute approximate surface area is 251 Å². The molecular weight excluding hydrogens is 557 g/mol. The maximum atomic E-state index is 13.3. The summed E-state index contributed by atoms with van der Waals surface area (Å²) >= 11 is 6.70. The lowest BCUT2D eigenvalue weighted by Gasteiger charge is -2.27. The van der Waals surface area contributed by atoms with Crippen molar-refractivity contribution in [3.05, 3.63) is 76.7 Å². The lowest BCUT2D eigenvalue weighted by molar-refractivity contribution is 0.183. The minimum atomic E-state index is -0.481. The van der Waals surface area contributed by atoms with Crippen molar-refractivity contribution < 1.29 is 4.74 Å². The molecule has 1 aliphatic heterocycles. The van der Waals surface area contributed by atoms with Gasteiger partial charge in [-0.1, -0.05) is 65.5 Å². The number of aromatic nitrogens is 2. The van der Waals surface area contributed by atoms with Crippen LogP contribution in [0.1, 0.15) is 53.3 Å². The number of fused-ring (bicyclic) bond motifs is 2. The lowest BCUT2D eigenvalue weighted by atomic mass is 10.2. The molecule has 0 aliphatic carbocycles. The molecule has 0 N–H and O–H groups in total. The van der Waals surface area contributed by atoms with Crippen molar-refractivity contribution >= 4 is 52.0 Å². The van der Waals surface area contributed by atoms with Crippen LogP contribution in [0.3, 0.4) is 0 Å².